The summed E-state index contributed by atoms with van der Waals surface area (Å²) >= 11 is 0. The van der Waals surface area contributed by atoms with E-state index in [9.17, 15) is 4.79 Å². The van der Waals surface area contributed by atoms with Crippen LogP contribution in [0.5, 0.6) is 0 Å². The normalized spacial score (nSPS) is 12.3. The third kappa shape index (κ3) is 4.35. The molecule has 0 aliphatic rings. The average molecular weight is 249 g/mol. The highest BCUT2D eigenvalue weighted by Crippen LogP contribution is 2.07. The van der Waals surface area contributed by atoms with Crippen molar-refractivity contribution in [3.05, 3.63) is 24.0 Å². The number of hydrogen-bond donors (Lipinski definition) is 2. The van der Waals surface area contributed by atoms with Crippen molar-refractivity contribution in [2.24, 2.45) is 5.92 Å². The van der Waals surface area contributed by atoms with Crippen LogP contribution in [0.4, 0.5) is 5.69 Å². The minimum Gasteiger partial charge on any atom is -0.384 e. The summed E-state index contributed by atoms with van der Waals surface area (Å²) in [5, 5.41) is 6.16. The van der Waals surface area contributed by atoms with Crippen LogP contribution in [0.3, 0.4) is 0 Å². The Bertz CT molecular complexity index is 373. The highest BCUT2D eigenvalue weighted by atomic mass is 16.1. The van der Waals surface area contributed by atoms with Crippen molar-refractivity contribution in [2.45, 2.75) is 40.2 Å². The van der Waals surface area contributed by atoms with Gasteiger partial charge in [0.25, 0.3) is 5.91 Å². The van der Waals surface area contributed by atoms with Gasteiger partial charge in [-0.2, -0.15) is 0 Å². The molecule has 0 spiro atoms. The van der Waals surface area contributed by atoms with Crippen molar-refractivity contribution in [1.29, 1.82) is 0 Å². The maximum atomic E-state index is 11.9. The van der Waals surface area contributed by atoms with Crippen molar-refractivity contribution in [2.75, 3.05) is 11.9 Å². The molecule has 0 fully saturated rings. The zero-order valence-electron chi connectivity index (χ0n) is 11.7. The summed E-state index contributed by atoms with van der Waals surface area (Å²) in [6.45, 7) is 9.18. The van der Waals surface area contributed by atoms with Crippen LogP contribution >= 0.6 is 0 Å². The number of rotatable bonds is 6. The largest absolute Gasteiger partial charge is 0.384 e. The van der Waals surface area contributed by atoms with Gasteiger partial charge in [0.1, 0.15) is 5.69 Å². The molecule has 4 nitrogen and oxygen atoms in total. The lowest BCUT2D eigenvalue weighted by atomic mass is 10.1. The fraction of sp³-hybridized carbons (Fsp3) is 0.571. The van der Waals surface area contributed by atoms with E-state index in [1.807, 2.05) is 13.0 Å². The van der Waals surface area contributed by atoms with E-state index in [0.717, 1.165) is 18.7 Å². The summed E-state index contributed by atoms with van der Waals surface area (Å²) in [7, 11) is 0. The molecular weight excluding hydrogens is 226 g/mol. The maximum Gasteiger partial charge on any atom is 0.270 e. The highest BCUT2D eigenvalue weighted by Gasteiger charge is 2.13. The number of anilines is 1. The SMILES string of the molecule is CCCNc1ccc(C(=O)NC(C)C(C)C)nc1. The van der Waals surface area contributed by atoms with Gasteiger partial charge in [0.2, 0.25) is 0 Å². The highest BCUT2D eigenvalue weighted by molar-refractivity contribution is 5.92. The molecule has 0 saturated heterocycles. The Morgan fingerprint density at radius 2 is 2.06 bits per heavy atom. The quantitative estimate of drug-likeness (QED) is 0.815. The summed E-state index contributed by atoms with van der Waals surface area (Å²) in [5.74, 6) is 0.303. The van der Waals surface area contributed by atoms with E-state index in [1.54, 1.807) is 12.3 Å². The van der Waals surface area contributed by atoms with Gasteiger partial charge in [0, 0.05) is 12.6 Å². The second-order valence-corrected chi connectivity index (χ2v) is 4.87. The molecule has 4 heteroatoms. The lowest BCUT2D eigenvalue weighted by Gasteiger charge is -2.17. The summed E-state index contributed by atoms with van der Waals surface area (Å²) < 4.78 is 0. The number of nitrogens with zero attached hydrogens (tertiary/aromatic N) is 1. The molecule has 1 heterocycles. The van der Waals surface area contributed by atoms with Crippen molar-refractivity contribution in [3.8, 4) is 0 Å². The Kier molecular flexibility index (Phi) is 5.62. The van der Waals surface area contributed by atoms with Crippen LogP contribution < -0.4 is 10.6 Å². The Labute approximate surface area is 109 Å². The number of nitrogens with one attached hydrogen (secondary N) is 2. The summed E-state index contributed by atoms with van der Waals surface area (Å²) in [5.41, 5.74) is 1.41. The van der Waals surface area contributed by atoms with E-state index in [1.165, 1.54) is 0 Å². The molecule has 2 N–H and O–H groups in total. The maximum absolute atomic E-state index is 11.9. The average Bonchev–Trinajstić information content (AvgIpc) is 2.36. The minimum absolute atomic E-state index is 0.113. The molecule has 1 aromatic heterocycles. The first-order chi connectivity index (χ1) is 8.54. The van der Waals surface area contributed by atoms with Crippen molar-refractivity contribution in [3.63, 3.8) is 0 Å². The predicted molar refractivity (Wildman–Crippen MR) is 74.8 cm³/mol. The van der Waals surface area contributed by atoms with Crippen LogP contribution in [-0.2, 0) is 0 Å². The van der Waals surface area contributed by atoms with Crippen molar-refractivity contribution < 1.29 is 4.79 Å². The number of amides is 1. The van der Waals surface area contributed by atoms with Gasteiger partial charge in [0.05, 0.1) is 11.9 Å². The fourth-order valence-electron chi connectivity index (χ4n) is 1.35. The van der Waals surface area contributed by atoms with Crippen molar-refractivity contribution >= 4 is 11.6 Å². The van der Waals surface area contributed by atoms with E-state index >= 15 is 0 Å². The van der Waals surface area contributed by atoms with Gasteiger partial charge < -0.3 is 10.6 Å². The molecular formula is C14H23N3O. The van der Waals surface area contributed by atoms with Gasteiger partial charge in [-0.05, 0) is 31.4 Å². The van der Waals surface area contributed by atoms with Crippen LogP contribution in [0.2, 0.25) is 0 Å². The van der Waals surface area contributed by atoms with Gasteiger partial charge >= 0.3 is 0 Å². The molecule has 1 atom stereocenters. The number of carbonyl (C=O) groups is 1. The van der Waals surface area contributed by atoms with Crippen molar-refractivity contribution in [1.82, 2.24) is 10.3 Å². The van der Waals surface area contributed by atoms with Crippen LogP contribution in [-0.4, -0.2) is 23.5 Å². The van der Waals surface area contributed by atoms with Gasteiger partial charge in [-0.1, -0.05) is 20.8 Å². The predicted octanol–water partition coefficient (Wildman–Crippen LogP) is 2.68. The summed E-state index contributed by atoms with van der Waals surface area (Å²) in [6.07, 6.45) is 2.76. The molecule has 0 bridgehead atoms. The van der Waals surface area contributed by atoms with E-state index in [0.29, 0.717) is 11.6 Å². The summed E-state index contributed by atoms with van der Waals surface area (Å²) in [4.78, 5) is 16.1. The van der Waals surface area contributed by atoms with Gasteiger partial charge in [-0.3, -0.25) is 4.79 Å². The molecule has 0 aromatic carbocycles. The van der Waals surface area contributed by atoms with Crippen LogP contribution in [0.15, 0.2) is 18.3 Å². The molecule has 1 amide bonds. The Morgan fingerprint density at radius 3 is 2.56 bits per heavy atom. The molecule has 100 valence electrons. The standard InChI is InChI=1S/C14H23N3O/c1-5-8-15-12-6-7-13(16-9-12)14(18)17-11(4)10(2)3/h6-7,9-11,15H,5,8H2,1-4H3,(H,17,18). The molecule has 1 aromatic rings. The zero-order chi connectivity index (χ0) is 13.5. The molecule has 0 aliphatic heterocycles. The molecule has 1 unspecified atom stereocenters. The smallest absolute Gasteiger partial charge is 0.270 e. The Morgan fingerprint density at radius 1 is 1.33 bits per heavy atom. The fourth-order valence-corrected chi connectivity index (χ4v) is 1.35. The molecule has 18 heavy (non-hydrogen) atoms. The Balaban J connectivity index is 2.59. The monoisotopic (exact) mass is 249 g/mol. The first-order valence-corrected chi connectivity index (χ1v) is 6.55. The first kappa shape index (κ1) is 14.5. The van der Waals surface area contributed by atoms with E-state index in [2.05, 4.69) is 36.4 Å². The van der Waals surface area contributed by atoms with E-state index < -0.39 is 0 Å². The second-order valence-electron chi connectivity index (χ2n) is 4.87. The van der Waals surface area contributed by atoms with Gasteiger partial charge in [-0.25, -0.2) is 4.98 Å². The Hall–Kier alpha value is -1.58. The van der Waals surface area contributed by atoms with Crippen LogP contribution in [0.25, 0.3) is 0 Å². The number of pyridine rings is 1. The molecule has 0 saturated carbocycles. The molecule has 0 aliphatic carbocycles. The second kappa shape index (κ2) is 6.99. The third-order valence-corrected chi connectivity index (χ3v) is 2.93. The van der Waals surface area contributed by atoms with Crippen LogP contribution in [0, 0.1) is 5.92 Å². The molecule has 1 rings (SSSR count). The van der Waals surface area contributed by atoms with Crippen LogP contribution in [0.1, 0.15) is 44.6 Å². The van der Waals surface area contributed by atoms with Gasteiger partial charge in [0.15, 0.2) is 0 Å². The lowest BCUT2D eigenvalue weighted by molar-refractivity contribution is 0.0925. The topological polar surface area (TPSA) is 54.0 Å². The molecule has 0 radical (unpaired) electrons. The first-order valence-electron chi connectivity index (χ1n) is 6.55. The number of hydrogen-bond acceptors (Lipinski definition) is 3. The minimum atomic E-state index is -0.113. The van der Waals surface area contributed by atoms with E-state index in [4.69, 9.17) is 0 Å². The summed E-state index contributed by atoms with van der Waals surface area (Å²) in [6, 6.07) is 3.79. The van der Waals surface area contributed by atoms with Gasteiger partial charge in [-0.15, -0.1) is 0 Å². The zero-order valence-corrected chi connectivity index (χ0v) is 11.7. The third-order valence-electron chi connectivity index (χ3n) is 2.93. The number of aromatic nitrogens is 1. The number of carbonyl (C=O) groups excluding carboxylic acids is 1. The van der Waals surface area contributed by atoms with E-state index in [-0.39, 0.29) is 11.9 Å². The lowest BCUT2D eigenvalue weighted by Crippen LogP contribution is -2.36.